The van der Waals surface area contributed by atoms with Gasteiger partial charge < -0.3 is 0 Å². The Labute approximate surface area is 99.2 Å². The van der Waals surface area contributed by atoms with E-state index >= 15 is 0 Å². The summed E-state index contributed by atoms with van der Waals surface area (Å²) >= 11 is 0. The standard InChI is InChI=1S/C12H16N2.C2H6/c1-5-11-12(13-6-2)7-10(8-14-11)9(3)4;1-2/h5-9H,2H2,1,3-4H3;1-2H3/b11-5+,13-12?;. The molecule has 0 aromatic carbocycles. The monoisotopic (exact) mass is 218 g/mol. The van der Waals surface area contributed by atoms with E-state index in [0.29, 0.717) is 5.92 Å². The van der Waals surface area contributed by atoms with Gasteiger partial charge in [0.15, 0.2) is 0 Å². The molecule has 16 heavy (non-hydrogen) atoms. The maximum atomic E-state index is 4.34. The second-order valence-corrected chi connectivity index (χ2v) is 3.43. The zero-order valence-electron chi connectivity index (χ0n) is 11.0. The van der Waals surface area contributed by atoms with Crippen molar-refractivity contribution in [2.45, 2.75) is 34.6 Å². The maximum Gasteiger partial charge on any atom is 0.0885 e. The minimum absolute atomic E-state index is 0.479. The van der Waals surface area contributed by atoms with Crippen LogP contribution in [0.3, 0.4) is 0 Å². The summed E-state index contributed by atoms with van der Waals surface area (Å²) in [6, 6.07) is 0. The topological polar surface area (TPSA) is 24.7 Å². The average molecular weight is 218 g/mol. The molecule has 0 radical (unpaired) electrons. The summed E-state index contributed by atoms with van der Waals surface area (Å²) in [5, 5.41) is 0. The van der Waals surface area contributed by atoms with Crippen molar-refractivity contribution >= 4 is 11.9 Å². The van der Waals surface area contributed by atoms with E-state index < -0.39 is 0 Å². The second-order valence-electron chi connectivity index (χ2n) is 3.43. The molecule has 0 unspecified atom stereocenters. The van der Waals surface area contributed by atoms with Crippen LogP contribution in [0.1, 0.15) is 34.6 Å². The molecular formula is C14H22N2. The Balaban J connectivity index is 0.00000106. The molecule has 2 heteroatoms. The second kappa shape index (κ2) is 7.80. The van der Waals surface area contributed by atoms with Gasteiger partial charge in [-0.05, 0) is 24.5 Å². The van der Waals surface area contributed by atoms with Gasteiger partial charge in [0.1, 0.15) is 0 Å². The van der Waals surface area contributed by atoms with Crippen molar-refractivity contribution in [3.05, 3.63) is 36.2 Å². The molecule has 0 N–H and O–H groups in total. The molecule has 2 nitrogen and oxygen atoms in total. The molecule has 0 atom stereocenters. The van der Waals surface area contributed by atoms with E-state index in [1.165, 1.54) is 5.57 Å². The predicted molar refractivity (Wildman–Crippen MR) is 74.2 cm³/mol. The van der Waals surface area contributed by atoms with Crippen LogP contribution in [-0.2, 0) is 0 Å². The molecule has 0 saturated carbocycles. The van der Waals surface area contributed by atoms with E-state index in [9.17, 15) is 0 Å². The van der Waals surface area contributed by atoms with Crippen LogP contribution in [0.15, 0.2) is 46.2 Å². The van der Waals surface area contributed by atoms with E-state index in [1.54, 1.807) is 6.20 Å². The first kappa shape index (κ1) is 14.6. The van der Waals surface area contributed by atoms with Crippen molar-refractivity contribution < 1.29 is 0 Å². The third-order valence-corrected chi connectivity index (χ3v) is 2.09. The number of dihydropyridines is 1. The molecule has 0 aromatic heterocycles. The normalized spacial score (nSPS) is 19.5. The zero-order chi connectivity index (χ0) is 12.6. The molecule has 1 rings (SSSR count). The first-order chi connectivity index (χ1) is 7.69. The Bertz CT molecular complexity index is 342. The van der Waals surface area contributed by atoms with Crippen molar-refractivity contribution in [2.24, 2.45) is 15.9 Å². The van der Waals surface area contributed by atoms with Gasteiger partial charge in [0.2, 0.25) is 0 Å². The number of nitrogens with zero attached hydrogens (tertiary/aromatic N) is 2. The smallest absolute Gasteiger partial charge is 0.0885 e. The predicted octanol–water partition coefficient (Wildman–Crippen LogP) is 4.17. The maximum absolute atomic E-state index is 4.34. The summed E-state index contributed by atoms with van der Waals surface area (Å²) in [6.07, 6.45) is 7.47. The largest absolute Gasteiger partial charge is 0.255 e. The molecule has 0 fully saturated rings. The van der Waals surface area contributed by atoms with Crippen LogP contribution in [0.4, 0.5) is 0 Å². The lowest BCUT2D eigenvalue weighted by Gasteiger charge is -2.12. The Kier molecular flexibility index (Phi) is 7.10. The van der Waals surface area contributed by atoms with Gasteiger partial charge in [0, 0.05) is 12.4 Å². The highest BCUT2D eigenvalue weighted by Crippen LogP contribution is 2.16. The van der Waals surface area contributed by atoms with E-state index in [1.807, 2.05) is 33.1 Å². The van der Waals surface area contributed by atoms with Crippen LogP contribution < -0.4 is 0 Å². The molecule has 0 saturated heterocycles. The van der Waals surface area contributed by atoms with Crippen LogP contribution in [0.25, 0.3) is 0 Å². The highest BCUT2D eigenvalue weighted by molar-refractivity contribution is 6.14. The van der Waals surface area contributed by atoms with E-state index in [0.717, 1.165) is 11.4 Å². The Morgan fingerprint density at radius 1 is 1.38 bits per heavy atom. The summed E-state index contributed by atoms with van der Waals surface area (Å²) in [5.74, 6) is 0.479. The molecule has 0 aliphatic carbocycles. The quantitative estimate of drug-likeness (QED) is 0.664. The van der Waals surface area contributed by atoms with Gasteiger partial charge in [-0.1, -0.05) is 40.3 Å². The first-order valence-corrected chi connectivity index (χ1v) is 5.80. The number of allylic oxidation sites excluding steroid dienone is 3. The lowest BCUT2D eigenvalue weighted by atomic mass is 10.00. The SMILES string of the molecule is C=CN=C1C=C(C(C)C)C=N/C1=C/C.CC. The minimum atomic E-state index is 0.479. The highest BCUT2D eigenvalue weighted by Gasteiger charge is 2.10. The molecule has 1 aliphatic rings. The van der Waals surface area contributed by atoms with Crippen molar-refractivity contribution in [3.8, 4) is 0 Å². The van der Waals surface area contributed by atoms with Gasteiger partial charge in [0.05, 0.1) is 11.4 Å². The molecule has 0 bridgehead atoms. The van der Waals surface area contributed by atoms with Gasteiger partial charge in [-0.3, -0.25) is 9.98 Å². The van der Waals surface area contributed by atoms with E-state index in [-0.39, 0.29) is 0 Å². The van der Waals surface area contributed by atoms with Crippen LogP contribution >= 0.6 is 0 Å². The fourth-order valence-corrected chi connectivity index (χ4v) is 1.22. The van der Waals surface area contributed by atoms with Gasteiger partial charge in [-0.25, -0.2) is 0 Å². The summed E-state index contributed by atoms with van der Waals surface area (Å²) in [5.41, 5.74) is 3.01. The number of aliphatic imine (C=N–C) groups is 2. The van der Waals surface area contributed by atoms with Gasteiger partial charge in [-0.15, -0.1) is 0 Å². The molecule has 0 aromatic rings. The fraction of sp³-hybridized carbons (Fsp3) is 0.429. The third kappa shape index (κ3) is 3.97. The van der Waals surface area contributed by atoms with Crippen molar-refractivity contribution in [1.29, 1.82) is 0 Å². The molecule has 0 spiro atoms. The Hall–Kier alpha value is -1.44. The minimum Gasteiger partial charge on any atom is -0.255 e. The number of hydrogen-bond acceptors (Lipinski definition) is 2. The summed E-state index contributed by atoms with van der Waals surface area (Å²) in [6.45, 7) is 13.8. The summed E-state index contributed by atoms with van der Waals surface area (Å²) in [4.78, 5) is 8.53. The third-order valence-electron chi connectivity index (χ3n) is 2.09. The molecule has 0 amide bonds. The highest BCUT2D eigenvalue weighted by atomic mass is 14.8. The first-order valence-electron chi connectivity index (χ1n) is 5.80. The summed E-state index contributed by atoms with van der Waals surface area (Å²) < 4.78 is 0. The number of hydrogen-bond donors (Lipinski definition) is 0. The number of rotatable bonds is 2. The Morgan fingerprint density at radius 2 is 2.00 bits per heavy atom. The molecular weight excluding hydrogens is 196 g/mol. The van der Waals surface area contributed by atoms with E-state index in [4.69, 9.17) is 0 Å². The molecule has 1 aliphatic heterocycles. The lowest BCUT2D eigenvalue weighted by Crippen LogP contribution is -2.08. The fourth-order valence-electron chi connectivity index (χ4n) is 1.22. The van der Waals surface area contributed by atoms with Gasteiger partial charge in [0.25, 0.3) is 0 Å². The zero-order valence-corrected chi connectivity index (χ0v) is 11.0. The van der Waals surface area contributed by atoms with Crippen molar-refractivity contribution in [2.75, 3.05) is 0 Å². The lowest BCUT2D eigenvalue weighted by molar-refractivity contribution is 0.806. The molecule has 1 heterocycles. The van der Waals surface area contributed by atoms with Crippen LogP contribution in [0.5, 0.6) is 0 Å². The van der Waals surface area contributed by atoms with Crippen LogP contribution in [-0.4, -0.2) is 11.9 Å². The van der Waals surface area contributed by atoms with Crippen molar-refractivity contribution in [3.63, 3.8) is 0 Å². The van der Waals surface area contributed by atoms with Gasteiger partial charge in [-0.2, -0.15) is 0 Å². The van der Waals surface area contributed by atoms with E-state index in [2.05, 4.69) is 36.5 Å². The Morgan fingerprint density at radius 3 is 2.44 bits per heavy atom. The average Bonchev–Trinajstić information content (AvgIpc) is 2.32. The van der Waals surface area contributed by atoms with Crippen LogP contribution in [0, 0.1) is 5.92 Å². The summed E-state index contributed by atoms with van der Waals surface area (Å²) in [7, 11) is 0. The van der Waals surface area contributed by atoms with Crippen LogP contribution in [0.2, 0.25) is 0 Å². The van der Waals surface area contributed by atoms with Crippen molar-refractivity contribution in [1.82, 2.24) is 0 Å². The van der Waals surface area contributed by atoms with Gasteiger partial charge >= 0.3 is 0 Å². The molecule has 88 valence electrons.